The number of aromatic nitrogens is 2. The number of carbonyl (C=O) groups is 1. The molecule has 5 nitrogen and oxygen atoms in total. The topological polar surface area (TPSA) is 67.0 Å². The molecule has 5 heteroatoms. The molecule has 2 N–H and O–H groups in total. The van der Waals surface area contributed by atoms with Crippen molar-refractivity contribution in [1.29, 1.82) is 0 Å². The highest BCUT2D eigenvalue weighted by Gasteiger charge is 2.12. The molecule has 0 saturated carbocycles. The molecule has 2 rings (SSSR count). The number of aryl methyl sites for hydroxylation is 1. The Hall–Kier alpha value is -2.14. The lowest BCUT2D eigenvalue weighted by atomic mass is 10.1. The molecular weight excluding hydrogens is 254 g/mol. The number of hydrogen-bond acceptors (Lipinski definition) is 3. The molecule has 1 aromatic carbocycles. The van der Waals surface area contributed by atoms with Crippen LogP contribution in [0.5, 0.6) is 0 Å². The number of carbonyl (C=O) groups excluding carboxylic acids is 1. The van der Waals surface area contributed by atoms with E-state index in [4.69, 9.17) is 4.74 Å². The maximum absolute atomic E-state index is 12.3. The van der Waals surface area contributed by atoms with Crippen molar-refractivity contribution < 1.29 is 9.53 Å². The first-order valence-corrected chi connectivity index (χ1v) is 6.67. The van der Waals surface area contributed by atoms with Crippen LogP contribution >= 0.6 is 0 Å². The summed E-state index contributed by atoms with van der Waals surface area (Å²) in [6, 6.07) is 9.25. The molecule has 106 valence electrons. The van der Waals surface area contributed by atoms with Gasteiger partial charge in [-0.05, 0) is 18.1 Å². The molecule has 20 heavy (non-hydrogen) atoms. The van der Waals surface area contributed by atoms with E-state index in [9.17, 15) is 4.79 Å². The van der Waals surface area contributed by atoms with Gasteiger partial charge in [-0.3, -0.25) is 9.89 Å². The summed E-state index contributed by atoms with van der Waals surface area (Å²) in [5.74, 6) is 0.373. The lowest BCUT2D eigenvalue weighted by Crippen LogP contribution is -2.14. The Labute approximate surface area is 118 Å². The number of rotatable bonds is 6. The zero-order valence-electron chi connectivity index (χ0n) is 11.8. The van der Waals surface area contributed by atoms with Crippen LogP contribution in [-0.2, 0) is 17.8 Å². The predicted octanol–water partition coefficient (Wildman–Crippen LogP) is 2.76. The molecule has 1 heterocycles. The number of H-pyrrole nitrogens is 1. The SMILES string of the molecule is CCCc1cc(NC(=O)c2ccccc2COC)n[nH]1. The number of hydrogen-bond donors (Lipinski definition) is 2. The van der Waals surface area contributed by atoms with Crippen LogP contribution < -0.4 is 5.32 Å². The summed E-state index contributed by atoms with van der Waals surface area (Å²) in [5.41, 5.74) is 2.49. The molecule has 2 aromatic rings. The number of benzene rings is 1. The van der Waals surface area contributed by atoms with Gasteiger partial charge in [0.25, 0.3) is 5.91 Å². The lowest BCUT2D eigenvalue weighted by molar-refractivity contribution is 0.102. The molecule has 0 radical (unpaired) electrons. The van der Waals surface area contributed by atoms with E-state index in [1.54, 1.807) is 13.2 Å². The summed E-state index contributed by atoms with van der Waals surface area (Å²) < 4.78 is 5.10. The highest BCUT2D eigenvalue weighted by Crippen LogP contribution is 2.13. The molecule has 0 unspecified atom stereocenters. The van der Waals surface area contributed by atoms with Crippen LogP contribution in [0.15, 0.2) is 30.3 Å². The van der Waals surface area contributed by atoms with Crippen molar-refractivity contribution in [2.45, 2.75) is 26.4 Å². The number of anilines is 1. The first-order chi connectivity index (χ1) is 9.74. The third-order valence-corrected chi connectivity index (χ3v) is 2.95. The van der Waals surface area contributed by atoms with Gasteiger partial charge in [-0.1, -0.05) is 31.5 Å². The molecule has 0 aliphatic heterocycles. The molecule has 0 saturated heterocycles. The van der Waals surface area contributed by atoms with E-state index in [0.29, 0.717) is 18.0 Å². The van der Waals surface area contributed by atoms with Gasteiger partial charge in [0.05, 0.1) is 6.61 Å². The van der Waals surface area contributed by atoms with E-state index in [-0.39, 0.29) is 5.91 Å². The monoisotopic (exact) mass is 273 g/mol. The number of nitrogens with zero attached hydrogens (tertiary/aromatic N) is 1. The molecule has 0 spiro atoms. The molecule has 0 atom stereocenters. The summed E-state index contributed by atoms with van der Waals surface area (Å²) in [5, 5.41) is 9.80. The van der Waals surface area contributed by atoms with Gasteiger partial charge in [-0.2, -0.15) is 5.10 Å². The number of aromatic amines is 1. The third-order valence-electron chi connectivity index (χ3n) is 2.95. The van der Waals surface area contributed by atoms with E-state index in [1.807, 2.05) is 24.3 Å². The van der Waals surface area contributed by atoms with Gasteiger partial charge < -0.3 is 10.1 Å². The normalized spacial score (nSPS) is 10.5. The Morgan fingerprint density at radius 1 is 1.40 bits per heavy atom. The van der Waals surface area contributed by atoms with Crippen molar-refractivity contribution in [3.05, 3.63) is 47.2 Å². The summed E-state index contributed by atoms with van der Waals surface area (Å²) in [6.45, 7) is 2.51. The van der Waals surface area contributed by atoms with Crippen LogP contribution in [0, 0.1) is 0 Å². The second kappa shape index (κ2) is 6.86. The van der Waals surface area contributed by atoms with Crippen LogP contribution in [0.1, 0.15) is 35.0 Å². The predicted molar refractivity (Wildman–Crippen MR) is 77.7 cm³/mol. The second-order valence-corrected chi connectivity index (χ2v) is 4.57. The van der Waals surface area contributed by atoms with Crippen molar-refractivity contribution >= 4 is 11.7 Å². The zero-order chi connectivity index (χ0) is 14.4. The highest BCUT2D eigenvalue weighted by molar-refractivity contribution is 6.04. The van der Waals surface area contributed by atoms with Gasteiger partial charge in [0.15, 0.2) is 5.82 Å². The van der Waals surface area contributed by atoms with E-state index >= 15 is 0 Å². The first-order valence-electron chi connectivity index (χ1n) is 6.67. The van der Waals surface area contributed by atoms with Crippen molar-refractivity contribution in [3.63, 3.8) is 0 Å². The minimum Gasteiger partial charge on any atom is -0.380 e. The highest BCUT2D eigenvalue weighted by atomic mass is 16.5. The summed E-state index contributed by atoms with van der Waals surface area (Å²) in [4.78, 5) is 12.3. The Kier molecular flexibility index (Phi) is 4.90. The molecule has 1 aromatic heterocycles. The van der Waals surface area contributed by atoms with Gasteiger partial charge >= 0.3 is 0 Å². The van der Waals surface area contributed by atoms with Crippen LogP contribution in [0.3, 0.4) is 0 Å². The smallest absolute Gasteiger partial charge is 0.257 e. The van der Waals surface area contributed by atoms with E-state index in [1.165, 1.54) is 0 Å². The molecule has 1 amide bonds. The van der Waals surface area contributed by atoms with Crippen molar-refractivity contribution in [3.8, 4) is 0 Å². The summed E-state index contributed by atoms with van der Waals surface area (Å²) >= 11 is 0. The quantitative estimate of drug-likeness (QED) is 0.850. The maximum Gasteiger partial charge on any atom is 0.257 e. The van der Waals surface area contributed by atoms with Gasteiger partial charge in [-0.15, -0.1) is 0 Å². The van der Waals surface area contributed by atoms with Crippen LogP contribution in [0.25, 0.3) is 0 Å². The fraction of sp³-hybridized carbons (Fsp3) is 0.333. The number of nitrogens with one attached hydrogen (secondary N) is 2. The fourth-order valence-electron chi connectivity index (χ4n) is 2.03. The average Bonchev–Trinajstić information content (AvgIpc) is 2.87. The van der Waals surface area contributed by atoms with Gasteiger partial charge in [-0.25, -0.2) is 0 Å². The minimum atomic E-state index is -0.174. The van der Waals surface area contributed by atoms with Crippen LogP contribution in [0.4, 0.5) is 5.82 Å². The maximum atomic E-state index is 12.3. The van der Waals surface area contributed by atoms with E-state index < -0.39 is 0 Å². The Bertz CT molecular complexity index is 578. The standard InChI is InChI=1S/C15H19N3O2/c1-3-6-12-9-14(18-17-12)16-15(19)13-8-5-4-7-11(13)10-20-2/h4-5,7-9H,3,6,10H2,1-2H3,(H2,16,17,18,19). The number of methoxy groups -OCH3 is 1. The molecular formula is C15H19N3O2. The summed E-state index contributed by atoms with van der Waals surface area (Å²) in [7, 11) is 1.61. The van der Waals surface area contributed by atoms with Crippen molar-refractivity contribution in [2.24, 2.45) is 0 Å². The van der Waals surface area contributed by atoms with Crippen LogP contribution in [0.2, 0.25) is 0 Å². The summed E-state index contributed by atoms with van der Waals surface area (Å²) in [6.07, 6.45) is 1.95. The molecule has 0 aliphatic carbocycles. The average molecular weight is 273 g/mol. The molecule has 0 bridgehead atoms. The first kappa shape index (κ1) is 14.3. The Morgan fingerprint density at radius 2 is 2.20 bits per heavy atom. The zero-order valence-corrected chi connectivity index (χ0v) is 11.8. The fourth-order valence-corrected chi connectivity index (χ4v) is 2.03. The van der Waals surface area contributed by atoms with Gasteiger partial charge in [0, 0.05) is 24.4 Å². The van der Waals surface area contributed by atoms with E-state index in [0.717, 1.165) is 24.1 Å². The van der Waals surface area contributed by atoms with Crippen molar-refractivity contribution in [1.82, 2.24) is 10.2 Å². The Morgan fingerprint density at radius 3 is 2.95 bits per heavy atom. The van der Waals surface area contributed by atoms with Gasteiger partial charge in [0.1, 0.15) is 0 Å². The second-order valence-electron chi connectivity index (χ2n) is 4.57. The lowest BCUT2D eigenvalue weighted by Gasteiger charge is -2.07. The third kappa shape index (κ3) is 3.45. The largest absolute Gasteiger partial charge is 0.380 e. The molecule has 0 fully saturated rings. The molecule has 0 aliphatic rings. The number of amides is 1. The van der Waals surface area contributed by atoms with Gasteiger partial charge in [0.2, 0.25) is 0 Å². The van der Waals surface area contributed by atoms with Crippen molar-refractivity contribution in [2.75, 3.05) is 12.4 Å². The number of ether oxygens (including phenoxy) is 1. The van der Waals surface area contributed by atoms with Crippen LogP contribution in [-0.4, -0.2) is 23.2 Å². The Balaban J connectivity index is 2.11. The minimum absolute atomic E-state index is 0.174. The van der Waals surface area contributed by atoms with E-state index in [2.05, 4.69) is 22.4 Å².